The maximum absolute atomic E-state index is 11.3. The molecule has 12 heavy (non-hydrogen) atoms. The van der Waals surface area contributed by atoms with Gasteiger partial charge >= 0.3 is 0 Å². The third-order valence-electron chi connectivity index (χ3n) is 1.70. The highest BCUT2D eigenvalue weighted by Crippen LogP contribution is 2.22. The van der Waals surface area contributed by atoms with Crippen molar-refractivity contribution in [3.63, 3.8) is 0 Å². The molecule has 0 aromatic rings. The van der Waals surface area contributed by atoms with Gasteiger partial charge < -0.3 is 5.11 Å². The van der Waals surface area contributed by atoms with E-state index in [2.05, 4.69) is 0 Å². The molecule has 0 aromatic carbocycles. The maximum Gasteiger partial charge on any atom is 0.163 e. The first-order valence-corrected chi connectivity index (χ1v) is 4.46. The third kappa shape index (κ3) is 4.50. The van der Waals surface area contributed by atoms with Crippen molar-refractivity contribution >= 4 is 5.78 Å². The summed E-state index contributed by atoms with van der Waals surface area (Å²) in [7, 11) is 0. The molecule has 0 aromatic heterocycles. The van der Waals surface area contributed by atoms with Gasteiger partial charge in [-0.05, 0) is 11.8 Å². The lowest BCUT2D eigenvalue weighted by Gasteiger charge is -2.22. The first-order chi connectivity index (χ1) is 5.24. The molecule has 0 aliphatic carbocycles. The Hall–Kier alpha value is -0.370. The van der Waals surface area contributed by atoms with Crippen molar-refractivity contribution in [3.05, 3.63) is 0 Å². The number of carbonyl (C=O) groups is 1. The van der Waals surface area contributed by atoms with E-state index in [9.17, 15) is 9.90 Å². The van der Waals surface area contributed by atoms with Crippen molar-refractivity contribution in [2.45, 2.75) is 47.1 Å². The molecule has 72 valence electrons. The Morgan fingerprint density at radius 1 is 1.33 bits per heavy atom. The van der Waals surface area contributed by atoms with Crippen LogP contribution in [0.1, 0.15) is 41.0 Å². The quantitative estimate of drug-likeness (QED) is 0.707. The van der Waals surface area contributed by atoms with Gasteiger partial charge in [-0.15, -0.1) is 0 Å². The average molecular weight is 172 g/mol. The van der Waals surface area contributed by atoms with Gasteiger partial charge in [-0.1, -0.05) is 34.6 Å². The number of rotatable bonds is 3. The molecule has 1 unspecified atom stereocenters. The van der Waals surface area contributed by atoms with Gasteiger partial charge in [-0.25, -0.2) is 0 Å². The highest BCUT2D eigenvalue weighted by molar-refractivity contribution is 5.84. The van der Waals surface area contributed by atoms with E-state index < -0.39 is 6.10 Å². The molecule has 0 spiro atoms. The number of aliphatic hydroxyl groups is 1. The zero-order valence-corrected chi connectivity index (χ0v) is 8.72. The minimum absolute atomic E-state index is 0.0178. The van der Waals surface area contributed by atoms with E-state index in [1.807, 2.05) is 34.6 Å². The Kier molecular flexibility index (Phi) is 3.91. The van der Waals surface area contributed by atoms with Crippen LogP contribution in [0.15, 0.2) is 0 Å². The molecule has 1 N–H and O–H groups in total. The standard InChI is InChI=1S/C10H20O2/c1-7(2)9(12)8(11)6-10(3,4)5/h7-8,11H,6H2,1-5H3. The lowest BCUT2D eigenvalue weighted by atomic mass is 9.86. The minimum atomic E-state index is -0.787. The van der Waals surface area contributed by atoms with E-state index in [1.165, 1.54) is 0 Å². The predicted octanol–water partition coefficient (Wildman–Crippen LogP) is 2.01. The van der Waals surface area contributed by atoms with Gasteiger partial charge in [-0.2, -0.15) is 0 Å². The molecular formula is C10H20O2. The van der Waals surface area contributed by atoms with Crippen LogP contribution >= 0.6 is 0 Å². The Bertz CT molecular complexity index is 154. The summed E-state index contributed by atoms with van der Waals surface area (Å²) in [5, 5.41) is 9.47. The summed E-state index contributed by atoms with van der Waals surface area (Å²) in [6, 6.07) is 0. The van der Waals surface area contributed by atoms with Crippen LogP contribution in [0.2, 0.25) is 0 Å². The molecule has 0 aliphatic heterocycles. The molecule has 0 heterocycles. The second kappa shape index (κ2) is 4.04. The number of hydrogen-bond donors (Lipinski definition) is 1. The lowest BCUT2D eigenvalue weighted by Crippen LogP contribution is -2.29. The second-order valence-corrected chi connectivity index (χ2v) is 4.84. The SMILES string of the molecule is CC(C)C(=O)C(O)CC(C)(C)C. The normalized spacial score (nSPS) is 14.9. The van der Waals surface area contributed by atoms with Crippen LogP contribution in [0.3, 0.4) is 0 Å². The van der Waals surface area contributed by atoms with E-state index >= 15 is 0 Å². The van der Waals surface area contributed by atoms with Gasteiger partial charge in [0.2, 0.25) is 0 Å². The van der Waals surface area contributed by atoms with Crippen molar-refractivity contribution in [3.8, 4) is 0 Å². The van der Waals surface area contributed by atoms with Gasteiger partial charge in [0, 0.05) is 5.92 Å². The third-order valence-corrected chi connectivity index (χ3v) is 1.70. The van der Waals surface area contributed by atoms with Gasteiger partial charge in [0.25, 0.3) is 0 Å². The van der Waals surface area contributed by atoms with Crippen LogP contribution < -0.4 is 0 Å². The monoisotopic (exact) mass is 172 g/mol. The molecule has 0 rings (SSSR count). The van der Waals surface area contributed by atoms with E-state index in [-0.39, 0.29) is 17.1 Å². The average Bonchev–Trinajstić information content (AvgIpc) is 1.82. The van der Waals surface area contributed by atoms with Crippen LogP contribution in [0.5, 0.6) is 0 Å². The molecule has 2 heteroatoms. The van der Waals surface area contributed by atoms with Crippen molar-refractivity contribution in [1.29, 1.82) is 0 Å². The van der Waals surface area contributed by atoms with Crippen LogP contribution in [0.25, 0.3) is 0 Å². The number of hydrogen-bond acceptors (Lipinski definition) is 2. The van der Waals surface area contributed by atoms with Crippen molar-refractivity contribution in [2.75, 3.05) is 0 Å². The van der Waals surface area contributed by atoms with Gasteiger partial charge in [0.05, 0.1) is 0 Å². The van der Waals surface area contributed by atoms with E-state index in [0.717, 1.165) is 0 Å². The van der Waals surface area contributed by atoms with Crippen LogP contribution in [0, 0.1) is 11.3 Å². The molecule has 1 atom stereocenters. The Balaban J connectivity index is 4.05. The van der Waals surface area contributed by atoms with Crippen molar-refractivity contribution in [1.82, 2.24) is 0 Å². The van der Waals surface area contributed by atoms with E-state index in [1.54, 1.807) is 0 Å². The molecule has 0 aliphatic rings. The summed E-state index contributed by atoms with van der Waals surface area (Å²) in [6.45, 7) is 9.68. The van der Waals surface area contributed by atoms with E-state index in [4.69, 9.17) is 0 Å². The number of ketones is 1. The van der Waals surface area contributed by atoms with Gasteiger partial charge in [0.15, 0.2) is 5.78 Å². The van der Waals surface area contributed by atoms with Gasteiger partial charge in [-0.3, -0.25) is 4.79 Å². The smallest absolute Gasteiger partial charge is 0.163 e. The van der Waals surface area contributed by atoms with Crippen LogP contribution in [-0.4, -0.2) is 17.0 Å². The highest BCUT2D eigenvalue weighted by Gasteiger charge is 2.23. The predicted molar refractivity (Wildman–Crippen MR) is 49.9 cm³/mol. The molecular weight excluding hydrogens is 152 g/mol. The second-order valence-electron chi connectivity index (χ2n) is 4.84. The summed E-state index contributed by atoms with van der Waals surface area (Å²) >= 11 is 0. The first-order valence-electron chi connectivity index (χ1n) is 4.46. The maximum atomic E-state index is 11.3. The summed E-state index contributed by atoms with van der Waals surface area (Å²) in [5.74, 6) is -0.118. The Morgan fingerprint density at radius 3 is 2.00 bits per heavy atom. The molecule has 0 fully saturated rings. The first kappa shape index (κ1) is 11.6. The lowest BCUT2D eigenvalue weighted by molar-refractivity contribution is -0.131. The molecule has 0 amide bonds. The fourth-order valence-electron chi connectivity index (χ4n) is 1.07. The number of Topliss-reactive ketones (excluding diaryl/α,β-unsaturated/α-hetero) is 1. The van der Waals surface area contributed by atoms with Crippen LogP contribution in [0.4, 0.5) is 0 Å². The molecule has 0 radical (unpaired) electrons. The zero-order valence-electron chi connectivity index (χ0n) is 8.72. The van der Waals surface area contributed by atoms with Crippen LogP contribution in [-0.2, 0) is 4.79 Å². The topological polar surface area (TPSA) is 37.3 Å². The summed E-state index contributed by atoms with van der Waals surface area (Å²) in [6.07, 6.45) is -0.241. The number of aliphatic hydroxyl groups excluding tert-OH is 1. The van der Waals surface area contributed by atoms with E-state index in [0.29, 0.717) is 6.42 Å². The Morgan fingerprint density at radius 2 is 1.75 bits per heavy atom. The summed E-state index contributed by atoms with van der Waals surface area (Å²) in [4.78, 5) is 11.3. The van der Waals surface area contributed by atoms with Crippen molar-refractivity contribution in [2.24, 2.45) is 11.3 Å². The van der Waals surface area contributed by atoms with Gasteiger partial charge in [0.1, 0.15) is 6.10 Å². The molecule has 0 saturated carbocycles. The number of carbonyl (C=O) groups excluding carboxylic acids is 1. The molecule has 0 saturated heterocycles. The summed E-state index contributed by atoms with van der Waals surface area (Å²) < 4.78 is 0. The minimum Gasteiger partial charge on any atom is -0.385 e. The molecule has 2 nitrogen and oxygen atoms in total. The fourth-order valence-corrected chi connectivity index (χ4v) is 1.07. The fraction of sp³-hybridized carbons (Fsp3) is 0.900. The highest BCUT2D eigenvalue weighted by atomic mass is 16.3. The molecule has 0 bridgehead atoms. The largest absolute Gasteiger partial charge is 0.385 e. The Labute approximate surface area is 75.0 Å². The zero-order chi connectivity index (χ0) is 9.94. The summed E-state index contributed by atoms with van der Waals surface area (Å²) in [5.41, 5.74) is 0.0178. The van der Waals surface area contributed by atoms with Crippen molar-refractivity contribution < 1.29 is 9.90 Å².